The van der Waals surface area contributed by atoms with Gasteiger partial charge in [0.15, 0.2) is 5.82 Å². The summed E-state index contributed by atoms with van der Waals surface area (Å²) in [5.41, 5.74) is 1.71. The molecule has 6 heteroatoms. The van der Waals surface area contributed by atoms with Crippen LogP contribution in [0.5, 0.6) is 0 Å². The van der Waals surface area contributed by atoms with Crippen LogP contribution < -0.4 is 5.32 Å². The number of carbonyl (C=O) groups excluding carboxylic acids is 1. The van der Waals surface area contributed by atoms with Gasteiger partial charge in [0, 0.05) is 37.4 Å². The van der Waals surface area contributed by atoms with Crippen LogP contribution in [0.2, 0.25) is 0 Å². The molecule has 1 aromatic carbocycles. The van der Waals surface area contributed by atoms with Crippen molar-refractivity contribution in [2.24, 2.45) is 0 Å². The molecule has 0 aliphatic heterocycles. The van der Waals surface area contributed by atoms with Crippen LogP contribution in [0, 0.1) is 0 Å². The first-order valence-electron chi connectivity index (χ1n) is 7.71. The molecule has 0 unspecified atom stereocenters. The van der Waals surface area contributed by atoms with Crippen molar-refractivity contribution < 1.29 is 4.79 Å². The van der Waals surface area contributed by atoms with Crippen molar-refractivity contribution in [2.45, 2.75) is 13.0 Å². The highest BCUT2D eigenvalue weighted by Crippen LogP contribution is 2.25. The van der Waals surface area contributed by atoms with Crippen molar-refractivity contribution in [2.75, 3.05) is 19.4 Å². The topological polar surface area (TPSA) is 71.0 Å². The molecule has 2 aromatic heterocycles. The number of carbonyl (C=O) groups is 1. The van der Waals surface area contributed by atoms with Crippen LogP contribution in [0.4, 0.5) is 5.82 Å². The van der Waals surface area contributed by atoms with Gasteiger partial charge in [-0.1, -0.05) is 12.1 Å². The Hall–Kier alpha value is -3.02. The van der Waals surface area contributed by atoms with Crippen LogP contribution in [-0.2, 0) is 4.79 Å². The summed E-state index contributed by atoms with van der Waals surface area (Å²) in [5.74, 6) is 1.24. The molecule has 6 nitrogen and oxygen atoms in total. The Morgan fingerprint density at radius 2 is 1.79 bits per heavy atom. The number of aromatic nitrogens is 3. The van der Waals surface area contributed by atoms with Gasteiger partial charge in [0.1, 0.15) is 11.9 Å². The first-order valence-corrected chi connectivity index (χ1v) is 7.71. The first kappa shape index (κ1) is 15.9. The lowest BCUT2D eigenvalue weighted by atomic mass is 10.2. The summed E-state index contributed by atoms with van der Waals surface area (Å²) in [7, 11) is 3.47. The van der Waals surface area contributed by atoms with Crippen LogP contribution in [0.25, 0.3) is 22.3 Å². The summed E-state index contributed by atoms with van der Waals surface area (Å²) in [4.78, 5) is 27.0. The molecule has 0 bridgehead atoms. The zero-order valence-electron chi connectivity index (χ0n) is 13.9. The summed E-state index contributed by atoms with van der Waals surface area (Å²) < 4.78 is 0. The van der Waals surface area contributed by atoms with E-state index in [4.69, 9.17) is 0 Å². The Balaban J connectivity index is 2.07. The van der Waals surface area contributed by atoms with Gasteiger partial charge in [-0.3, -0.25) is 9.78 Å². The van der Waals surface area contributed by atoms with E-state index in [1.54, 1.807) is 31.4 Å². The average molecular weight is 321 g/mol. The molecule has 1 atom stereocenters. The lowest BCUT2D eigenvalue weighted by Gasteiger charge is -2.19. The van der Waals surface area contributed by atoms with Gasteiger partial charge in [0.2, 0.25) is 5.91 Å². The number of fused-ring (bicyclic) bond motifs is 1. The largest absolute Gasteiger partial charge is 0.358 e. The predicted octanol–water partition coefficient (Wildman–Crippen LogP) is 2.58. The molecule has 1 N–H and O–H groups in total. The van der Waals surface area contributed by atoms with E-state index in [9.17, 15) is 4.79 Å². The Labute approximate surface area is 140 Å². The molecule has 0 saturated carbocycles. The Kier molecular flexibility index (Phi) is 4.37. The van der Waals surface area contributed by atoms with Gasteiger partial charge in [-0.15, -0.1) is 0 Å². The highest BCUT2D eigenvalue weighted by molar-refractivity contribution is 5.93. The van der Waals surface area contributed by atoms with Crippen molar-refractivity contribution >= 4 is 22.6 Å². The third kappa shape index (κ3) is 3.17. The number of amides is 1. The lowest BCUT2D eigenvalue weighted by Crippen LogP contribution is -2.36. The third-order valence-corrected chi connectivity index (χ3v) is 3.71. The molecule has 0 fully saturated rings. The number of nitrogens with one attached hydrogen (secondary N) is 1. The average Bonchev–Trinajstić information content (AvgIpc) is 2.61. The van der Waals surface area contributed by atoms with Crippen LogP contribution >= 0.6 is 0 Å². The second-order valence-corrected chi connectivity index (χ2v) is 5.75. The van der Waals surface area contributed by atoms with Gasteiger partial charge in [-0.2, -0.15) is 0 Å². The number of rotatable bonds is 4. The molecule has 3 aromatic rings. The third-order valence-electron chi connectivity index (χ3n) is 3.71. The first-order chi connectivity index (χ1) is 11.6. The maximum atomic E-state index is 12.1. The smallest absolute Gasteiger partial charge is 0.244 e. The highest BCUT2D eigenvalue weighted by atomic mass is 16.2. The molecule has 0 saturated heterocycles. The fourth-order valence-corrected chi connectivity index (χ4v) is 2.47. The van der Waals surface area contributed by atoms with Gasteiger partial charge in [0.05, 0.1) is 5.52 Å². The molecule has 3 rings (SSSR count). The Morgan fingerprint density at radius 3 is 2.50 bits per heavy atom. The second-order valence-electron chi connectivity index (χ2n) is 5.75. The van der Waals surface area contributed by atoms with Crippen LogP contribution in [0.3, 0.4) is 0 Å². The fraction of sp³-hybridized carbons (Fsp3) is 0.222. The van der Waals surface area contributed by atoms with E-state index in [1.807, 2.05) is 43.3 Å². The molecule has 0 spiro atoms. The van der Waals surface area contributed by atoms with E-state index in [1.165, 1.54) is 0 Å². The predicted molar refractivity (Wildman–Crippen MR) is 94.5 cm³/mol. The molecule has 0 aliphatic carbocycles. The molecular weight excluding hydrogens is 302 g/mol. The molecule has 0 radical (unpaired) electrons. The molecular formula is C18H19N5O. The quantitative estimate of drug-likeness (QED) is 0.800. The molecule has 24 heavy (non-hydrogen) atoms. The van der Waals surface area contributed by atoms with Crippen molar-refractivity contribution in [3.05, 3.63) is 48.8 Å². The minimum atomic E-state index is -0.386. The standard InChI is InChI=1S/C18H19N5O/c1-12(18(24)23(2)3)20-17-14-6-4-5-7-15(14)21-16(22-17)13-8-10-19-11-9-13/h4-12H,1-3H3,(H,20,21,22)/t12-/m0/s1. The van der Waals surface area contributed by atoms with E-state index in [2.05, 4.69) is 20.3 Å². The highest BCUT2D eigenvalue weighted by Gasteiger charge is 2.17. The number of likely N-dealkylation sites (N-methyl/N-ethyl adjacent to an activating group) is 1. The minimum absolute atomic E-state index is 0.0110. The van der Waals surface area contributed by atoms with Gasteiger partial charge in [0.25, 0.3) is 0 Å². The van der Waals surface area contributed by atoms with E-state index in [-0.39, 0.29) is 11.9 Å². The van der Waals surface area contributed by atoms with Crippen LogP contribution in [0.15, 0.2) is 48.8 Å². The van der Waals surface area contributed by atoms with Gasteiger partial charge >= 0.3 is 0 Å². The Bertz CT molecular complexity index is 864. The second kappa shape index (κ2) is 6.62. The van der Waals surface area contributed by atoms with Gasteiger partial charge < -0.3 is 10.2 Å². The SMILES string of the molecule is C[C@H](Nc1nc(-c2ccncc2)nc2ccccc12)C(=O)N(C)C. The van der Waals surface area contributed by atoms with E-state index >= 15 is 0 Å². The fourth-order valence-electron chi connectivity index (χ4n) is 2.47. The van der Waals surface area contributed by atoms with E-state index < -0.39 is 0 Å². The lowest BCUT2D eigenvalue weighted by molar-refractivity contribution is -0.129. The molecule has 122 valence electrons. The van der Waals surface area contributed by atoms with Crippen molar-refractivity contribution in [1.29, 1.82) is 0 Å². The number of anilines is 1. The van der Waals surface area contributed by atoms with E-state index in [0.717, 1.165) is 16.5 Å². The Morgan fingerprint density at radius 1 is 1.08 bits per heavy atom. The zero-order chi connectivity index (χ0) is 17.1. The van der Waals surface area contributed by atoms with Crippen LogP contribution in [0.1, 0.15) is 6.92 Å². The normalized spacial score (nSPS) is 12.0. The summed E-state index contributed by atoms with van der Waals surface area (Å²) >= 11 is 0. The summed E-state index contributed by atoms with van der Waals surface area (Å²) in [6.45, 7) is 1.82. The number of nitrogens with zero attached hydrogens (tertiary/aromatic N) is 4. The van der Waals surface area contributed by atoms with Gasteiger partial charge in [-0.25, -0.2) is 9.97 Å². The van der Waals surface area contributed by atoms with Crippen LogP contribution in [-0.4, -0.2) is 45.9 Å². The monoisotopic (exact) mass is 321 g/mol. The maximum Gasteiger partial charge on any atom is 0.244 e. The number of pyridine rings is 1. The molecule has 2 heterocycles. The summed E-state index contributed by atoms with van der Waals surface area (Å²) in [6, 6.07) is 11.1. The van der Waals surface area contributed by atoms with Gasteiger partial charge in [-0.05, 0) is 31.2 Å². The van der Waals surface area contributed by atoms with Crippen molar-refractivity contribution in [3.8, 4) is 11.4 Å². The van der Waals surface area contributed by atoms with Crippen molar-refractivity contribution in [3.63, 3.8) is 0 Å². The summed E-state index contributed by atoms with van der Waals surface area (Å²) in [5, 5.41) is 4.10. The number of hydrogen-bond donors (Lipinski definition) is 1. The number of para-hydroxylation sites is 1. The number of benzene rings is 1. The zero-order valence-corrected chi connectivity index (χ0v) is 13.9. The van der Waals surface area contributed by atoms with Crippen molar-refractivity contribution in [1.82, 2.24) is 19.9 Å². The molecule has 0 aliphatic rings. The maximum absolute atomic E-state index is 12.1. The number of hydrogen-bond acceptors (Lipinski definition) is 5. The summed E-state index contributed by atoms with van der Waals surface area (Å²) in [6.07, 6.45) is 3.42. The van der Waals surface area contributed by atoms with E-state index in [0.29, 0.717) is 11.6 Å². The molecule has 1 amide bonds. The minimum Gasteiger partial charge on any atom is -0.358 e.